The summed E-state index contributed by atoms with van der Waals surface area (Å²) in [5, 5.41) is 4.84. The lowest BCUT2D eigenvalue weighted by Gasteiger charge is -2.07. The van der Waals surface area contributed by atoms with Gasteiger partial charge in [-0.15, -0.1) is 11.3 Å². The van der Waals surface area contributed by atoms with Crippen LogP contribution in [0.25, 0.3) is 0 Å². The first-order chi connectivity index (χ1) is 9.74. The molecule has 0 fully saturated rings. The lowest BCUT2D eigenvalue weighted by molar-refractivity contribution is 0.103. The van der Waals surface area contributed by atoms with E-state index in [1.165, 1.54) is 11.3 Å². The number of benzene rings is 1. The number of amides is 1. The van der Waals surface area contributed by atoms with Crippen molar-refractivity contribution in [1.82, 2.24) is 0 Å². The monoisotopic (exact) mass is 290 g/mol. The molecule has 0 saturated carbocycles. The van der Waals surface area contributed by atoms with Crippen molar-refractivity contribution in [3.63, 3.8) is 0 Å². The predicted octanol–water partition coefficient (Wildman–Crippen LogP) is 2.90. The van der Waals surface area contributed by atoms with Gasteiger partial charge in [0.1, 0.15) is 12.4 Å². The number of rotatable bonds is 6. The highest BCUT2D eigenvalue weighted by Gasteiger charge is 2.12. The minimum absolute atomic E-state index is 0.0625. The molecular formula is C15H18N2O2S. The van der Waals surface area contributed by atoms with Gasteiger partial charge in [0.2, 0.25) is 0 Å². The number of carbonyl (C=O) groups is 1. The molecule has 0 atom stereocenters. The molecule has 0 saturated heterocycles. The van der Waals surface area contributed by atoms with Crippen molar-refractivity contribution >= 4 is 22.9 Å². The summed E-state index contributed by atoms with van der Waals surface area (Å²) in [5.41, 5.74) is 7.21. The second-order valence-electron chi connectivity index (χ2n) is 4.24. The number of aryl methyl sites for hydroxylation is 1. The van der Waals surface area contributed by atoms with E-state index in [0.717, 1.165) is 28.3 Å². The van der Waals surface area contributed by atoms with E-state index in [4.69, 9.17) is 10.5 Å². The number of anilines is 1. The van der Waals surface area contributed by atoms with Gasteiger partial charge >= 0.3 is 0 Å². The number of carbonyl (C=O) groups excluding carboxylic acids is 1. The fourth-order valence-corrected chi connectivity index (χ4v) is 2.70. The number of thiophene rings is 1. The zero-order valence-electron chi connectivity index (χ0n) is 11.4. The van der Waals surface area contributed by atoms with Gasteiger partial charge in [0, 0.05) is 12.2 Å². The Kier molecular flexibility index (Phi) is 5.15. The van der Waals surface area contributed by atoms with Crippen LogP contribution >= 0.6 is 11.3 Å². The minimum atomic E-state index is -0.0625. The summed E-state index contributed by atoms with van der Waals surface area (Å²) in [4.78, 5) is 12.9. The van der Waals surface area contributed by atoms with Gasteiger partial charge in [0.05, 0.1) is 4.88 Å². The number of hydrogen-bond donors (Lipinski definition) is 2. The topological polar surface area (TPSA) is 64.3 Å². The third kappa shape index (κ3) is 3.59. The maximum absolute atomic E-state index is 12.2. The molecule has 1 aromatic carbocycles. The molecule has 2 rings (SSSR count). The Hall–Kier alpha value is -1.85. The molecule has 0 aliphatic rings. The van der Waals surface area contributed by atoms with Crippen molar-refractivity contribution < 1.29 is 9.53 Å². The van der Waals surface area contributed by atoms with Crippen LogP contribution in [0.5, 0.6) is 5.75 Å². The summed E-state index contributed by atoms with van der Waals surface area (Å²) in [7, 11) is 0. The zero-order valence-corrected chi connectivity index (χ0v) is 12.2. The van der Waals surface area contributed by atoms with Gasteiger partial charge in [0.25, 0.3) is 5.91 Å². The standard InChI is InChI=1S/C15H18N2O2S/c1-2-11-7-10-20-14(11)15(18)17-12-3-5-13(6-4-12)19-9-8-16/h3-7,10H,2,8-9,16H2,1H3,(H,17,18). The van der Waals surface area contributed by atoms with Crippen molar-refractivity contribution in [3.05, 3.63) is 46.2 Å². The van der Waals surface area contributed by atoms with E-state index in [-0.39, 0.29) is 5.91 Å². The Morgan fingerprint density at radius 2 is 2.05 bits per heavy atom. The van der Waals surface area contributed by atoms with E-state index in [9.17, 15) is 4.79 Å². The largest absolute Gasteiger partial charge is 0.492 e. The smallest absolute Gasteiger partial charge is 0.266 e. The average Bonchev–Trinajstić information content (AvgIpc) is 2.95. The molecule has 1 amide bonds. The summed E-state index contributed by atoms with van der Waals surface area (Å²) in [6.45, 7) is 3.01. The SMILES string of the molecule is CCc1ccsc1C(=O)Nc1ccc(OCCN)cc1. The lowest BCUT2D eigenvalue weighted by Crippen LogP contribution is -2.12. The van der Waals surface area contributed by atoms with Crippen LogP contribution in [-0.2, 0) is 6.42 Å². The Labute approximate surface area is 122 Å². The molecule has 0 spiro atoms. The van der Waals surface area contributed by atoms with Gasteiger partial charge in [0.15, 0.2) is 0 Å². The molecule has 0 bridgehead atoms. The van der Waals surface area contributed by atoms with Crippen LogP contribution in [0.3, 0.4) is 0 Å². The molecule has 20 heavy (non-hydrogen) atoms. The van der Waals surface area contributed by atoms with Crippen molar-refractivity contribution in [2.24, 2.45) is 5.73 Å². The summed E-state index contributed by atoms with van der Waals surface area (Å²) in [5.74, 6) is 0.686. The Morgan fingerprint density at radius 3 is 2.70 bits per heavy atom. The summed E-state index contributed by atoms with van der Waals surface area (Å²) < 4.78 is 5.39. The fraction of sp³-hybridized carbons (Fsp3) is 0.267. The summed E-state index contributed by atoms with van der Waals surface area (Å²) in [6, 6.07) is 9.27. The molecule has 0 aliphatic heterocycles. The molecular weight excluding hydrogens is 272 g/mol. The highest BCUT2D eigenvalue weighted by molar-refractivity contribution is 7.12. The molecule has 4 nitrogen and oxygen atoms in total. The molecule has 0 radical (unpaired) electrons. The van der Waals surface area contributed by atoms with E-state index in [1.54, 1.807) is 0 Å². The van der Waals surface area contributed by atoms with Crippen molar-refractivity contribution in [2.45, 2.75) is 13.3 Å². The molecule has 1 heterocycles. The number of hydrogen-bond acceptors (Lipinski definition) is 4. The molecule has 0 aliphatic carbocycles. The second-order valence-corrected chi connectivity index (χ2v) is 5.16. The van der Waals surface area contributed by atoms with Crippen molar-refractivity contribution in [3.8, 4) is 5.75 Å². The fourth-order valence-electron chi connectivity index (χ4n) is 1.81. The van der Waals surface area contributed by atoms with Crippen LogP contribution in [0, 0.1) is 0 Å². The molecule has 3 N–H and O–H groups in total. The zero-order chi connectivity index (χ0) is 14.4. The summed E-state index contributed by atoms with van der Waals surface area (Å²) in [6.07, 6.45) is 0.859. The Morgan fingerprint density at radius 1 is 1.30 bits per heavy atom. The maximum Gasteiger partial charge on any atom is 0.266 e. The highest BCUT2D eigenvalue weighted by atomic mass is 32.1. The van der Waals surface area contributed by atoms with Gasteiger partial charge in [-0.05, 0) is 47.7 Å². The first kappa shape index (κ1) is 14.6. The Balaban J connectivity index is 2.01. The first-order valence-corrected chi connectivity index (χ1v) is 7.43. The van der Waals surface area contributed by atoms with Crippen LogP contribution in [0.4, 0.5) is 5.69 Å². The quantitative estimate of drug-likeness (QED) is 0.859. The lowest BCUT2D eigenvalue weighted by atomic mass is 10.2. The minimum Gasteiger partial charge on any atom is -0.492 e. The molecule has 5 heteroatoms. The van der Waals surface area contributed by atoms with E-state index < -0.39 is 0 Å². The van der Waals surface area contributed by atoms with Gasteiger partial charge in [-0.25, -0.2) is 0 Å². The van der Waals surface area contributed by atoms with E-state index in [0.29, 0.717) is 13.2 Å². The number of nitrogens with one attached hydrogen (secondary N) is 1. The van der Waals surface area contributed by atoms with Crippen LogP contribution in [-0.4, -0.2) is 19.1 Å². The third-order valence-electron chi connectivity index (χ3n) is 2.83. The second kappa shape index (κ2) is 7.07. The van der Waals surface area contributed by atoms with E-state index >= 15 is 0 Å². The van der Waals surface area contributed by atoms with Gasteiger partial charge in [-0.1, -0.05) is 6.92 Å². The normalized spacial score (nSPS) is 10.3. The first-order valence-electron chi connectivity index (χ1n) is 6.55. The van der Waals surface area contributed by atoms with Crippen molar-refractivity contribution in [1.29, 1.82) is 0 Å². The summed E-state index contributed by atoms with van der Waals surface area (Å²) >= 11 is 1.47. The van der Waals surface area contributed by atoms with E-state index in [1.807, 2.05) is 42.6 Å². The van der Waals surface area contributed by atoms with Crippen LogP contribution in [0.1, 0.15) is 22.2 Å². The molecule has 0 unspecified atom stereocenters. The Bertz CT molecular complexity index is 564. The maximum atomic E-state index is 12.2. The average molecular weight is 290 g/mol. The van der Waals surface area contributed by atoms with E-state index in [2.05, 4.69) is 5.32 Å². The van der Waals surface area contributed by atoms with Crippen LogP contribution < -0.4 is 15.8 Å². The highest BCUT2D eigenvalue weighted by Crippen LogP contribution is 2.20. The van der Waals surface area contributed by atoms with Gasteiger partial charge < -0.3 is 15.8 Å². The van der Waals surface area contributed by atoms with Gasteiger partial charge in [-0.3, -0.25) is 4.79 Å². The number of ether oxygens (including phenoxy) is 1. The van der Waals surface area contributed by atoms with Crippen molar-refractivity contribution in [2.75, 3.05) is 18.5 Å². The molecule has 1 aromatic heterocycles. The molecule has 106 valence electrons. The number of nitrogens with two attached hydrogens (primary N) is 1. The van der Waals surface area contributed by atoms with Gasteiger partial charge in [-0.2, -0.15) is 0 Å². The van der Waals surface area contributed by atoms with Crippen LogP contribution in [0.15, 0.2) is 35.7 Å². The van der Waals surface area contributed by atoms with Crippen LogP contribution in [0.2, 0.25) is 0 Å². The molecule has 2 aromatic rings. The third-order valence-corrected chi connectivity index (χ3v) is 3.79. The predicted molar refractivity (Wildman–Crippen MR) is 82.6 cm³/mol.